The van der Waals surface area contributed by atoms with Gasteiger partial charge in [-0.3, -0.25) is 0 Å². The fourth-order valence-corrected chi connectivity index (χ4v) is 2.23. The second-order valence-corrected chi connectivity index (χ2v) is 4.68. The molecule has 0 radical (unpaired) electrons. The van der Waals surface area contributed by atoms with Crippen LogP contribution < -0.4 is 4.90 Å². The van der Waals surface area contributed by atoms with Gasteiger partial charge in [0.25, 0.3) is 0 Å². The molecule has 1 aromatic heterocycles. The van der Waals surface area contributed by atoms with Crippen LogP contribution in [0.4, 0.5) is 5.82 Å². The van der Waals surface area contributed by atoms with Crippen molar-refractivity contribution in [3.63, 3.8) is 0 Å². The summed E-state index contributed by atoms with van der Waals surface area (Å²) in [6, 6.07) is 4.63. The van der Waals surface area contributed by atoms with E-state index >= 15 is 0 Å². The molecule has 0 aliphatic heterocycles. The smallest absolute Gasteiger partial charge is 0.151 e. The third-order valence-corrected chi connectivity index (χ3v) is 3.14. The van der Waals surface area contributed by atoms with Crippen LogP contribution in [0.1, 0.15) is 32.4 Å². The lowest BCUT2D eigenvalue weighted by atomic mass is 10.1. The molecule has 0 amide bonds. The number of anilines is 1. The second-order valence-electron chi connectivity index (χ2n) is 3.89. The highest BCUT2D eigenvalue weighted by atomic mass is 79.9. The number of aromatic nitrogens is 2. The minimum absolute atomic E-state index is 0.551. The van der Waals surface area contributed by atoms with Crippen LogP contribution in [-0.4, -0.2) is 28.1 Å². The van der Waals surface area contributed by atoms with Gasteiger partial charge in [0.15, 0.2) is 5.82 Å². The maximum atomic E-state index is 4.27. The predicted octanol–water partition coefficient (Wildman–Crippen LogP) is 3.17. The molecule has 1 aromatic rings. The van der Waals surface area contributed by atoms with Gasteiger partial charge >= 0.3 is 0 Å². The quantitative estimate of drug-likeness (QED) is 0.752. The Bertz CT molecular complexity index is 296. The highest BCUT2D eigenvalue weighted by Crippen LogP contribution is 2.17. The summed E-state index contributed by atoms with van der Waals surface area (Å²) in [7, 11) is 0. The van der Waals surface area contributed by atoms with Crippen molar-refractivity contribution in [2.75, 3.05) is 16.8 Å². The molecular formula is C12H20BrN3. The molecule has 0 aromatic carbocycles. The summed E-state index contributed by atoms with van der Waals surface area (Å²) < 4.78 is 0. The largest absolute Gasteiger partial charge is 0.351 e. The van der Waals surface area contributed by atoms with Gasteiger partial charge in [0.2, 0.25) is 0 Å². The molecule has 0 bridgehead atoms. The highest BCUT2D eigenvalue weighted by molar-refractivity contribution is 9.09. The summed E-state index contributed by atoms with van der Waals surface area (Å²) in [5, 5.41) is 9.35. The van der Waals surface area contributed by atoms with Crippen molar-refractivity contribution in [1.29, 1.82) is 0 Å². The Kier molecular flexibility index (Phi) is 5.74. The van der Waals surface area contributed by atoms with Gasteiger partial charge in [0.1, 0.15) is 0 Å². The van der Waals surface area contributed by atoms with E-state index in [-0.39, 0.29) is 0 Å². The molecule has 1 heterocycles. The van der Waals surface area contributed by atoms with Crippen LogP contribution in [0.15, 0.2) is 12.1 Å². The van der Waals surface area contributed by atoms with Gasteiger partial charge in [-0.15, -0.1) is 5.10 Å². The minimum Gasteiger partial charge on any atom is -0.351 e. The van der Waals surface area contributed by atoms with Crippen molar-refractivity contribution in [2.24, 2.45) is 0 Å². The fourth-order valence-electron chi connectivity index (χ4n) is 1.85. The first-order chi connectivity index (χ1) is 7.72. The zero-order chi connectivity index (χ0) is 12.0. The van der Waals surface area contributed by atoms with Crippen molar-refractivity contribution >= 4 is 21.7 Å². The first-order valence-electron chi connectivity index (χ1n) is 5.85. The van der Waals surface area contributed by atoms with Gasteiger partial charge < -0.3 is 4.90 Å². The summed E-state index contributed by atoms with van der Waals surface area (Å²) in [6.07, 6.45) is 2.28. The van der Waals surface area contributed by atoms with Crippen LogP contribution in [0.5, 0.6) is 0 Å². The van der Waals surface area contributed by atoms with Gasteiger partial charge in [-0.2, -0.15) is 5.10 Å². The Morgan fingerprint density at radius 1 is 1.25 bits per heavy atom. The van der Waals surface area contributed by atoms with Crippen molar-refractivity contribution in [3.05, 3.63) is 17.8 Å². The van der Waals surface area contributed by atoms with Crippen molar-refractivity contribution in [1.82, 2.24) is 10.2 Å². The Balaban J connectivity index is 2.87. The molecule has 0 unspecified atom stereocenters. The third kappa shape index (κ3) is 3.44. The minimum atomic E-state index is 0.551. The average molecular weight is 286 g/mol. The Labute approximate surface area is 106 Å². The van der Waals surface area contributed by atoms with Gasteiger partial charge in [0, 0.05) is 17.9 Å². The van der Waals surface area contributed by atoms with E-state index in [1.165, 1.54) is 0 Å². The monoisotopic (exact) mass is 285 g/mol. The van der Waals surface area contributed by atoms with Crippen LogP contribution in [0, 0.1) is 6.92 Å². The predicted molar refractivity (Wildman–Crippen MR) is 72.3 cm³/mol. The third-order valence-electron chi connectivity index (χ3n) is 2.79. The summed E-state index contributed by atoms with van der Waals surface area (Å²) in [5.41, 5.74) is 0.965. The number of aryl methyl sites for hydroxylation is 1. The zero-order valence-electron chi connectivity index (χ0n) is 10.3. The number of alkyl halides is 1. The fraction of sp³-hybridized carbons (Fsp3) is 0.667. The van der Waals surface area contributed by atoms with E-state index in [2.05, 4.69) is 50.9 Å². The van der Waals surface area contributed by atoms with Crippen LogP contribution in [0.2, 0.25) is 0 Å². The summed E-state index contributed by atoms with van der Waals surface area (Å²) in [5.74, 6) is 0.985. The standard InChI is InChI=1S/C12H20BrN3/c1-4-11(5-2)16(9-8-13)12-7-6-10(3)14-15-12/h6-7,11H,4-5,8-9H2,1-3H3. The van der Waals surface area contributed by atoms with E-state index in [1.807, 2.05) is 13.0 Å². The Hall–Kier alpha value is -0.640. The first-order valence-corrected chi connectivity index (χ1v) is 6.98. The maximum Gasteiger partial charge on any atom is 0.151 e. The van der Waals surface area contributed by atoms with Gasteiger partial charge in [-0.05, 0) is 31.9 Å². The number of hydrogen-bond acceptors (Lipinski definition) is 3. The summed E-state index contributed by atoms with van der Waals surface area (Å²) in [6.45, 7) is 7.38. The van der Waals surface area contributed by atoms with E-state index < -0.39 is 0 Å². The lowest BCUT2D eigenvalue weighted by Crippen LogP contribution is -2.36. The average Bonchev–Trinajstić information content (AvgIpc) is 2.31. The molecular weight excluding hydrogens is 266 g/mol. The van der Waals surface area contributed by atoms with E-state index in [1.54, 1.807) is 0 Å². The highest BCUT2D eigenvalue weighted by Gasteiger charge is 2.16. The van der Waals surface area contributed by atoms with Crippen molar-refractivity contribution in [3.8, 4) is 0 Å². The number of nitrogens with zero attached hydrogens (tertiary/aromatic N) is 3. The molecule has 4 heteroatoms. The van der Waals surface area contributed by atoms with Crippen molar-refractivity contribution in [2.45, 2.75) is 39.7 Å². The lowest BCUT2D eigenvalue weighted by Gasteiger charge is -2.30. The zero-order valence-corrected chi connectivity index (χ0v) is 11.9. The molecule has 0 N–H and O–H groups in total. The molecule has 0 spiro atoms. The molecule has 16 heavy (non-hydrogen) atoms. The summed E-state index contributed by atoms with van der Waals surface area (Å²) in [4.78, 5) is 2.33. The van der Waals surface area contributed by atoms with Gasteiger partial charge in [0.05, 0.1) is 5.69 Å². The molecule has 0 fully saturated rings. The van der Waals surface area contributed by atoms with Gasteiger partial charge in [-0.25, -0.2) is 0 Å². The second kappa shape index (κ2) is 6.84. The molecule has 0 aliphatic rings. The first kappa shape index (κ1) is 13.4. The van der Waals surface area contributed by atoms with Crippen LogP contribution >= 0.6 is 15.9 Å². The van der Waals surface area contributed by atoms with Crippen LogP contribution in [-0.2, 0) is 0 Å². The van der Waals surface area contributed by atoms with Crippen LogP contribution in [0.25, 0.3) is 0 Å². The molecule has 0 saturated heterocycles. The topological polar surface area (TPSA) is 29.0 Å². The van der Waals surface area contributed by atoms with E-state index in [4.69, 9.17) is 0 Å². The molecule has 0 saturated carbocycles. The normalized spacial score (nSPS) is 10.8. The van der Waals surface area contributed by atoms with E-state index in [0.717, 1.165) is 36.2 Å². The molecule has 3 nitrogen and oxygen atoms in total. The lowest BCUT2D eigenvalue weighted by molar-refractivity contribution is 0.561. The number of hydrogen-bond donors (Lipinski definition) is 0. The SMILES string of the molecule is CCC(CC)N(CCBr)c1ccc(C)nn1. The molecule has 1 rings (SSSR count). The van der Waals surface area contributed by atoms with E-state index in [9.17, 15) is 0 Å². The number of halogens is 1. The van der Waals surface area contributed by atoms with E-state index in [0.29, 0.717) is 6.04 Å². The molecule has 0 aliphatic carbocycles. The maximum absolute atomic E-state index is 4.27. The van der Waals surface area contributed by atoms with Crippen LogP contribution in [0.3, 0.4) is 0 Å². The Morgan fingerprint density at radius 2 is 1.94 bits per heavy atom. The Morgan fingerprint density at radius 3 is 2.38 bits per heavy atom. The molecule has 90 valence electrons. The summed E-state index contributed by atoms with van der Waals surface area (Å²) >= 11 is 3.50. The van der Waals surface area contributed by atoms with Gasteiger partial charge in [-0.1, -0.05) is 29.8 Å². The number of rotatable bonds is 6. The molecule has 0 atom stereocenters. The van der Waals surface area contributed by atoms with Crippen molar-refractivity contribution < 1.29 is 0 Å².